The van der Waals surface area contributed by atoms with Crippen molar-refractivity contribution < 1.29 is 4.74 Å². The molecule has 0 spiro atoms. The number of nitrogens with zero attached hydrogens (tertiary/aromatic N) is 1. The number of hydrogen-bond acceptors (Lipinski definition) is 3. The molecule has 0 aliphatic heterocycles. The zero-order valence-corrected chi connectivity index (χ0v) is 10.7. The van der Waals surface area contributed by atoms with Crippen LogP contribution in [0.15, 0.2) is 18.2 Å². The SMILES string of the molecule is CCC(CC)N(C)c1cccc(OC)c1N. The third-order valence-electron chi connectivity index (χ3n) is 3.13. The molecule has 0 saturated heterocycles. The number of nitrogen functional groups attached to an aromatic ring is 1. The summed E-state index contributed by atoms with van der Waals surface area (Å²) in [6, 6.07) is 6.42. The summed E-state index contributed by atoms with van der Waals surface area (Å²) < 4.78 is 5.23. The summed E-state index contributed by atoms with van der Waals surface area (Å²) in [5.41, 5.74) is 7.85. The third kappa shape index (κ3) is 2.40. The molecule has 0 amide bonds. The largest absolute Gasteiger partial charge is 0.495 e. The quantitative estimate of drug-likeness (QED) is 0.778. The Morgan fingerprint density at radius 3 is 2.44 bits per heavy atom. The monoisotopic (exact) mass is 222 g/mol. The molecule has 1 aromatic rings. The van der Waals surface area contributed by atoms with Gasteiger partial charge in [0, 0.05) is 13.1 Å². The van der Waals surface area contributed by atoms with E-state index in [0.29, 0.717) is 6.04 Å². The Morgan fingerprint density at radius 1 is 1.31 bits per heavy atom. The summed E-state index contributed by atoms with van der Waals surface area (Å²) in [7, 11) is 3.73. The molecular formula is C13H22N2O. The van der Waals surface area contributed by atoms with Crippen LogP contribution in [0.2, 0.25) is 0 Å². The zero-order valence-electron chi connectivity index (χ0n) is 10.7. The maximum Gasteiger partial charge on any atom is 0.143 e. The second-order valence-corrected chi connectivity index (χ2v) is 3.97. The molecule has 0 unspecified atom stereocenters. The topological polar surface area (TPSA) is 38.5 Å². The van der Waals surface area contributed by atoms with E-state index in [1.54, 1.807) is 7.11 Å². The standard InChI is InChI=1S/C13H22N2O/c1-5-10(6-2)15(3)11-8-7-9-12(16-4)13(11)14/h7-10H,5-6,14H2,1-4H3. The van der Waals surface area contributed by atoms with Crippen LogP contribution in [0.1, 0.15) is 26.7 Å². The smallest absolute Gasteiger partial charge is 0.143 e. The van der Waals surface area contributed by atoms with Gasteiger partial charge in [-0.05, 0) is 25.0 Å². The van der Waals surface area contributed by atoms with Crippen LogP contribution in [-0.4, -0.2) is 20.2 Å². The predicted octanol–water partition coefficient (Wildman–Crippen LogP) is 2.90. The van der Waals surface area contributed by atoms with Crippen molar-refractivity contribution in [1.29, 1.82) is 0 Å². The van der Waals surface area contributed by atoms with Gasteiger partial charge in [-0.15, -0.1) is 0 Å². The van der Waals surface area contributed by atoms with Gasteiger partial charge in [0.2, 0.25) is 0 Å². The maximum atomic E-state index is 6.08. The van der Waals surface area contributed by atoms with Crippen molar-refractivity contribution in [3.63, 3.8) is 0 Å². The molecule has 0 fully saturated rings. The Balaban J connectivity index is 3.03. The van der Waals surface area contributed by atoms with Gasteiger partial charge >= 0.3 is 0 Å². The first-order chi connectivity index (χ1) is 7.65. The summed E-state index contributed by atoms with van der Waals surface area (Å²) in [5.74, 6) is 0.746. The molecule has 1 rings (SSSR count). The molecule has 3 nitrogen and oxygen atoms in total. The minimum atomic E-state index is 0.523. The van der Waals surface area contributed by atoms with Gasteiger partial charge in [-0.25, -0.2) is 0 Å². The van der Waals surface area contributed by atoms with Gasteiger partial charge in [-0.2, -0.15) is 0 Å². The Bertz CT molecular complexity index is 335. The average Bonchev–Trinajstić information content (AvgIpc) is 2.30. The lowest BCUT2D eigenvalue weighted by Gasteiger charge is -2.29. The van der Waals surface area contributed by atoms with Crippen LogP contribution in [0.25, 0.3) is 0 Å². The van der Waals surface area contributed by atoms with E-state index in [1.165, 1.54) is 0 Å². The third-order valence-corrected chi connectivity index (χ3v) is 3.13. The molecule has 0 aliphatic rings. The van der Waals surface area contributed by atoms with Crippen LogP contribution in [-0.2, 0) is 0 Å². The number of hydrogen-bond donors (Lipinski definition) is 1. The van der Waals surface area contributed by atoms with Gasteiger partial charge < -0.3 is 15.4 Å². The second kappa shape index (κ2) is 5.64. The van der Waals surface area contributed by atoms with Gasteiger partial charge in [-0.3, -0.25) is 0 Å². The fourth-order valence-corrected chi connectivity index (χ4v) is 2.05. The summed E-state index contributed by atoms with van der Waals surface area (Å²) in [5, 5.41) is 0. The van der Waals surface area contributed by atoms with Crippen LogP contribution in [0, 0.1) is 0 Å². The first-order valence-electron chi connectivity index (χ1n) is 5.80. The lowest BCUT2D eigenvalue weighted by atomic mass is 10.1. The fourth-order valence-electron chi connectivity index (χ4n) is 2.05. The highest BCUT2D eigenvalue weighted by Crippen LogP contribution is 2.32. The first kappa shape index (κ1) is 12.7. The maximum absolute atomic E-state index is 6.08. The van der Waals surface area contributed by atoms with E-state index in [9.17, 15) is 0 Å². The molecule has 0 aliphatic carbocycles. The molecule has 0 radical (unpaired) electrons. The highest BCUT2D eigenvalue weighted by Gasteiger charge is 2.15. The van der Waals surface area contributed by atoms with Gasteiger partial charge in [0.1, 0.15) is 5.75 Å². The van der Waals surface area contributed by atoms with Crippen molar-refractivity contribution >= 4 is 11.4 Å². The van der Waals surface area contributed by atoms with Crippen LogP contribution in [0.5, 0.6) is 5.75 Å². The number of benzene rings is 1. The van der Waals surface area contributed by atoms with E-state index in [0.717, 1.165) is 30.0 Å². The lowest BCUT2D eigenvalue weighted by molar-refractivity contribution is 0.417. The van der Waals surface area contributed by atoms with Crippen LogP contribution in [0.4, 0.5) is 11.4 Å². The van der Waals surface area contributed by atoms with E-state index in [2.05, 4.69) is 25.8 Å². The van der Waals surface area contributed by atoms with Crippen molar-refractivity contribution in [2.45, 2.75) is 32.7 Å². The average molecular weight is 222 g/mol. The molecule has 0 aromatic heterocycles. The molecule has 3 heteroatoms. The summed E-state index contributed by atoms with van der Waals surface area (Å²) in [4.78, 5) is 2.23. The highest BCUT2D eigenvalue weighted by molar-refractivity contribution is 5.74. The van der Waals surface area contributed by atoms with Crippen molar-refractivity contribution in [2.24, 2.45) is 0 Å². The van der Waals surface area contributed by atoms with E-state index < -0.39 is 0 Å². The molecule has 0 heterocycles. The van der Waals surface area contributed by atoms with E-state index in [4.69, 9.17) is 10.5 Å². The van der Waals surface area contributed by atoms with Crippen LogP contribution in [0.3, 0.4) is 0 Å². The van der Waals surface area contributed by atoms with Crippen molar-refractivity contribution in [1.82, 2.24) is 0 Å². The van der Waals surface area contributed by atoms with Gasteiger partial charge in [0.15, 0.2) is 0 Å². The number of methoxy groups -OCH3 is 1. The van der Waals surface area contributed by atoms with Crippen molar-refractivity contribution in [3.05, 3.63) is 18.2 Å². The first-order valence-corrected chi connectivity index (χ1v) is 5.80. The predicted molar refractivity (Wildman–Crippen MR) is 70.2 cm³/mol. The molecule has 1 aromatic carbocycles. The van der Waals surface area contributed by atoms with Crippen molar-refractivity contribution in [2.75, 3.05) is 24.8 Å². The summed E-state index contributed by atoms with van der Waals surface area (Å²) in [6.07, 6.45) is 2.23. The normalized spacial score (nSPS) is 10.6. The Kier molecular flexibility index (Phi) is 4.47. The van der Waals surface area contributed by atoms with Crippen LogP contribution >= 0.6 is 0 Å². The molecule has 90 valence electrons. The number of rotatable bonds is 5. The van der Waals surface area contributed by atoms with E-state index in [-0.39, 0.29) is 0 Å². The number of anilines is 2. The lowest BCUT2D eigenvalue weighted by Crippen LogP contribution is -2.30. The van der Waals surface area contributed by atoms with Crippen molar-refractivity contribution in [3.8, 4) is 5.75 Å². The Hall–Kier alpha value is -1.38. The minimum absolute atomic E-state index is 0.523. The molecule has 0 saturated carbocycles. The van der Waals surface area contributed by atoms with Crippen LogP contribution < -0.4 is 15.4 Å². The minimum Gasteiger partial charge on any atom is -0.495 e. The van der Waals surface area contributed by atoms with Gasteiger partial charge in [0.05, 0.1) is 18.5 Å². The summed E-state index contributed by atoms with van der Waals surface area (Å²) in [6.45, 7) is 4.39. The van der Waals surface area contributed by atoms with E-state index in [1.807, 2.05) is 18.2 Å². The second-order valence-electron chi connectivity index (χ2n) is 3.97. The Labute approximate surface area is 98.2 Å². The van der Waals surface area contributed by atoms with E-state index >= 15 is 0 Å². The molecule has 0 atom stereocenters. The molecule has 16 heavy (non-hydrogen) atoms. The zero-order chi connectivity index (χ0) is 12.1. The number of para-hydroxylation sites is 1. The number of ether oxygens (including phenoxy) is 1. The molecule has 0 bridgehead atoms. The van der Waals surface area contributed by atoms with Gasteiger partial charge in [-0.1, -0.05) is 19.9 Å². The Morgan fingerprint density at radius 2 is 1.94 bits per heavy atom. The highest BCUT2D eigenvalue weighted by atomic mass is 16.5. The van der Waals surface area contributed by atoms with Gasteiger partial charge in [0.25, 0.3) is 0 Å². The number of nitrogens with two attached hydrogens (primary N) is 1. The summed E-state index contributed by atoms with van der Waals surface area (Å²) >= 11 is 0. The molecular weight excluding hydrogens is 200 g/mol. The molecule has 2 N–H and O–H groups in total. The fraction of sp³-hybridized carbons (Fsp3) is 0.538.